The van der Waals surface area contributed by atoms with Crippen molar-refractivity contribution in [1.29, 1.82) is 0 Å². The quantitative estimate of drug-likeness (QED) is 0.861. The fourth-order valence-corrected chi connectivity index (χ4v) is 2.01. The van der Waals surface area contributed by atoms with Crippen LogP contribution in [0.15, 0.2) is 18.2 Å². The number of carboxylic acids is 1. The zero-order chi connectivity index (χ0) is 12.3. The van der Waals surface area contributed by atoms with Crippen molar-refractivity contribution in [1.82, 2.24) is 0 Å². The molecule has 0 saturated heterocycles. The van der Waals surface area contributed by atoms with Crippen molar-refractivity contribution >= 4 is 33.3 Å². The number of hydrogen-bond donors (Lipinski definition) is 2. The minimum Gasteiger partial charge on any atom is -0.480 e. The fourth-order valence-electron chi connectivity index (χ4n) is 0.949. The maximum Gasteiger partial charge on any atom is 0.320 e. The Balaban J connectivity index is 2.97. The summed E-state index contributed by atoms with van der Waals surface area (Å²) in [5, 5.41) is 8.06. The zero-order valence-corrected chi connectivity index (χ0v) is 9.35. The number of carbonyl (C=O) groups is 1. The van der Waals surface area contributed by atoms with Gasteiger partial charge in [-0.05, 0) is 12.1 Å². The minimum absolute atomic E-state index is 0.254. The number of hydrogen-bond acceptors (Lipinski definition) is 3. The van der Waals surface area contributed by atoms with E-state index >= 15 is 0 Å². The van der Waals surface area contributed by atoms with Gasteiger partial charge in [-0.15, -0.1) is 0 Å². The lowest BCUT2D eigenvalue weighted by molar-refractivity contribution is -0.134. The number of aliphatic carboxylic acids is 1. The van der Waals surface area contributed by atoms with E-state index in [1.54, 1.807) is 4.72 Å². The number of anilines is 1. The van der Waals surface area contributed by atoms with Gasteiger partial charge in [-0.1, -0.05) is 17.7 Å². The third-order valence-corrected chi connectivity index (χ3v) is 2.98. The first-order valence-electron chi connectivity index (χ1n) is 3.98. The van der Waals surface area contributed by atoms with Gasteiger partial charge in [0.1, 0.15) is 0 Å². The van der Waals surface area contributed by atoms with E-state index in [4.69, 9.17) is 16.7 Å². The molecular weight excluding hydrogens is 261 g/mol. The average Bonchev–Trinajstić information content (AvgIpc) is 2.10. The summed E-state index contributed by atoms with van der Waals surface area (Å²) in [7, 11) is -4.12. The van der Waals surface area contributed by atoms with Crippen LogP contribution in [0.5, 0.6) is 0 Å². The average molecular weight is 268 g/mol. The molecule has 8 heteroatoms. The Labute approximate surface area is 95.9 Å². The van der Waals surface area contributed by atoms with Crippen molar-refractivity contribution in [2.45, 2.75) is 0 Å². The standard InChI is InChI=1S/C8H7ClFNO4S/c9-5-2-1-3-6(8(5)10)11-16(14,15)4-7(12)13/h1-3,11H,4H2,(H,12,13). The van der Waals surface area contributed by atoms with Crippen molar-refractivity contribution in [3.05, 3.63) is 29.0 Å². The van der Waals surface area contributed by atoms with Gasteiger partial charge in [0.2, 0.25) is 10.0 Å². The summed E-state index contributed by atoms with van der Waals surface area (Å²) >= 11 is 5.42. The van der Waals surface area contributed by atoms with Gasteiger partial charge in [0.25, 0.3) is 0 Å². The highest BCUT2D eigenvalue weighted by molar-refractivity contribution is 7.93. The van der Waals surface area contributed by atoms with E-state index < -0.39 is 27.6 Å². The van der Waals surface area contributed by atoms with Crippen molar-refractivity contribution in [3.63, 3.8) is 0 Å². The van der Waals surface area contributed by atoms with E-state index in [1.165, 1.54) is 12.1 Å². The number of nitrogens with one attached hydrogen (secondary N) is 1. The van der Waals surface area contributed by atoms with Crippen LogP contribution in [0.2, 0.25) is 5.02 Å². The molecule has 2 N–H and O–H groups in total. The summed E-state index contributed by atoms with van der Waals surface area (Å²) < 4.78 is 37.4. The van der Waals surface area contributed by atoms with Crippen LogP contribution in [0.4, 0.5) is 10.1 Å². The lowest BCUT2D eigenvalue weighted by atomic mass is 10.3. The third kappa shape index (κ3) is 3.35. The predicted molar refractivity (Wildman–Crippen MR) is 56.5 cm³/mol. The van der Waals surface area contributed by atoms with Gasteiger partial charge < -0.3 is 5.11 Å². The number of benzene rings is 1. The summed E-state index contributed by atoms with van der Waals surface area (Å²) in [6.07, 6.45) is 0. The molecule has 0 atom stereocenters. The van der Waals surface area contributed by atoms with Gasteiger partial charge >= 0.3 is 5.97 Å². The number of sulfonamides is 1. The molecule has 0 bridgehead atoms. The molecule has 0 aliphatic rings. The molecule has 5 nitrogen and oxygen atoms in total. The summed E-state index contributed by atoms with van der Waals surface area (Å²) in [6, 6.07) is 3.72. The van der Waals surface area contributed by atoms with E-state index in [-0.39, 0.29) is 10.7 Å². The number of carboxylic acid groups (broad SMARTS) is 1. The molecule has 0 saturated carbocycles. The highest BCUT2D eigenvalue weighted by Gasteiger charge is 2.18. The van der Waals surface area contributed by atoms with Gasteiger partial charge in [0.15, 0.2) is 11.6 Å². The molecule has 0 aromatic heterocycles. The van der Waals surface area contributed by atoms with Gasteiger partial charge in [-0.3, -0.25) is 9.52 Å². The predicted octanol–water partition coefficient (Wildman–Crippen LogP) is 1.31. The zero-order valence-electron chi connectivity index (χ0n) is 7.78. The van der Waals surface area contributed by atoms with Crippen LogP contribution < -0.4 is 4.72 Å². The van der Waals surface area contributed by atoms with Crippen LogP contribution in [0.1, 0.15) is 0 Å². The van der Waals surface area contributed by atoms with Crippen LogP contribution >= 0.6 is 11.6 Å². The van der Waals surface area contributed by atoms with Gasteiger partial charge in [-0.2, -0.15) is 0 Å². The molecule has 0 radical (unpaired) electrons. The lowest BCUT2D eigenvalue weighted by Gasteiger charge is -2.07. The molecule has 16 heavy (non-hydrogen) atoms. The fraction of sp³-hybridized carbons (Fsp3) is 0.125. The molecular formula is C8H7ClFNO4S. The largest absolute Gasteiger partial charge is 0.480 e. The first-order chi connectivity index (χ1) is 7.32. The second-order valence-electron chi connectivity index (χ2n) is 2.86. The van der Waals surface area contributed by atoms with Crippen LogP contribution in [-0.2, 0) is 14.8 Å². The summed E-state index contributed by atoms with van der Waals surface area (Å²) in [5.74, 6) is -3.62. The summed E-state index contributed by atoms with van der Waals surface area (Å²) in [4.78, 5) is 10.2. The molecule has 0 amide bonds. The van der Waals surface area contributed by atoms with Crippen LogP contribution in [0.25, 0.3) is 0 Å². The molecule has 0 heterocycles. The monoisotopic (exact) mass is 267 g/mol. The molecule has 1 aromatic carbocycles. The number of rotatable bonds is 4. The van der Waals surface area contributed by atoms with Crippen molar-refractivity contribution in [2.75, 3.05) is 10.5 Å². The highest BCUT2D eigenvalue weighted by Crippen LogP contribution is 2.22. The van der Waals surface area contributed by atoms with Crippen LogP contribution in [0, 0.1) is 5.82 Å². The Morgan fingerprint density at radius 1 is 1.50 bits per heavy atom. The molecule has 0 unspecified atom stereocenters. The van der Waals surface area contributed by atoms with E-state index in [2.05, 4.69) is 0 Å². The third-order valence-electron chi connectivity index (χ3n) is 1.53. The topological polar surface area (TPSA) is 83.5 Å². The van der Waals surface area contributed by atoms with Gasteiger partial charge in [-0.25, -0.2) is 12.8 Å². The second kappa shape index (κ2) is 4.67. The summed E-state index contributed by atoms with van der Waals surface area (Å²) in [5.41, 5.74) is -0.381. The Kier molecular flexibility index (Phi) is 3.71. The Bertz CT molecular complexity index is 517. The van der Waals surface area contributed by atoms with Gasteiger partial charge in [0, 0.05) is 0 Å². The number of halogens is 2. The van der Waals surface area contributed by atoms with Crippen molar-refractivity contribution in [2.24, 2.45) is 0 Å². The molecule has 0 fully saturated rings. The maximum atomic E-state index is 13.3. The van der Waals surface area contributed by atoms with E-state index in [9.17, 15) is 17.6 Å². The first-order valence-corrected chi connectivity index (χ1v) is 6.01. The highest BCUT2D eigenvalue weighted by atomic mass is 35.5. The normalized spacial score (nSPS) is 11.1. The maximum absolute atomic E-state index is 13.3. The smallest absolute Gasteiger partial charge is 0.320 e. The van der Waals surface area contributed by atoms with Crippen LogP contribution in [-0.4, -0.2) is 25.2 Å². The van der Waals surface area contributed by atoms with E-state index in [1.807, 2.05) is 0 Å². The van der Waals surface area contributed by atoms with E-state index in [0.717, 1.165) is 6.07 Å². The lowest BCUT2D eigenvalue weighted by Crippen LogP contribution is -2.22. The van der Waals surface area contributed by atoms with Gasteiger partial charge in [0.05, 0.1) is 10.7 Å². The Hall–Kier alpha value is -1.34. The van der Waals surface area contributed by atoms with Crippen molar-refractivity contribution < 1.29 is 22.7 Å². The molecule has 0 spiro atoms. The second-order valence-corrected chi connectivity index (χ2v) is 4.99. The molecule has 1 aromatic rings. The van der Waals surface area contributed by atoms with Crippen LogP contribution in [0.3, 0.4) is 0 Å². The molecule has 0 aliphatic carbocycles. The SMILES string of the molecule is O=C(O)CS(=O)(=O)Nc1cccc(Cl)c1F. The Morgan fingerprint density at radius 3 is 2.69 bits per heavy atom. The Morgan fingerprint density at radius 2 is 2.12 bits per heavy atom. The van der Waals surface area contributed by atoms with E-state index in [0.29, 0.717) is 0 Å². The molecule has 0 aliphatic heterocycles. The molecule has 88 valence electrons. The van der Waals surface area contributed by atoms with Crippen molar-refractivity contribution in [3.8, 4) is 0 Å². The first kappa shape index (κ1) is 12.7. The summed E-state index contributed by atoms with van der Waals surface area (Å²) in [6.45, 7) is 0. The minimum atomic E-state index is -4.12. The molecule has 1 rings (SSSR count).